The topological polar surface area (TPSA) is 76.9 Å². The van der Waals surface area contributed by atoms with Crippen molar-refractivity contribution < 1.29 is 32.2 Å². The maximum absolute atomic E-state index is 14.3. The quantitative estimate of drug-likeness (QED) is 0.426. The van der Waals surface area contributed by atoms with Crippen molar-refractivity contribution in [1.29, 1.82) is 0 Å². The third kappa shape index (κ3) is 4.18. The molecule has 3 aliphatic heterocycles. The number of nitrogens with zero attached hydrogens (tertiary/aromatic N) is 4. The number of carbonyl (C=O) groups excluding carboxylic acids is 2. The number of aromatic nitrogens is 2. The molecule has 3 aromatic rings. The Labute approximate surface area is 229 Å². The normalized spacial score (nSPS) is 19.5. The lowest BCUT2D eigenvalue weighted by Crippen LogP contribution is -2.47. The van der Waals surface area contributed by atoms with Crippen LogP contribution < -0.4 is 14.4 Å². The number of hydrogen-bond donors (Lipinski definition) is 0. The maximum Gasteiger partial charge on any atom is 0.435 e. The zero-order valence-electron chi connectivity index (χ0n) is 22.6. The van der Waals surface area contributed by atoms with Crippen molar-refractivity contribution >= 4 is 17.5 Å². The monoisotopic (exact) mass is 554 g/mol. The largest absolute Gasteiger partial charge is 0.454 e. The predicted octanol–water partition coefficient (Wildman–Crippen LogP) is 5.53. The molecular weight excluding hydrogens is 525 g/mol. The minimum Gasteiger partial charge on any atom is -0.454 e. The van der Waals surface area contributed by atoms with Gasteiger partial charge in [-0.3, -0.25) is 9.59 Å². The van der Waals surface area contributed by atoms with Crippen molar-refractivity contribution in [3.8, 4) is 17.2 Å². The van der Waals surface area contributed by atoms with Gasteiger partial charge in [0.15, 0.2) is 17.2 Å². The average Bonchev–Trinajstić information content (AvgIpc) is 3.61. The number of fused-ring (bicyclic) bond motifs is 5. The highest BCUT2D eigenvalue weighted by molar-refractivity contribution is 6.06. The molecule has 0 spiro atoms. The summed E-state index contributed by atoms with van der Waals surface area (Å²) in [6, 6.07) is 10.7. The third-order valence-corrected chi connectivity index (χ3v) is 7.82. The Bertz CT molecular complexity index is 1520. The molecule has 2 aromatic carbocycles. The van der Waals surface area contributed by atoms with Crippen LogP contribution in [-0.4, -0.2) is 46.4 Å². The van der Waals surface area contributed by atoms with E-state index in [-0.39, 0.29) is 36.6 Å². The van der Waals surface area contributed by atoms with E-state index in [4.69, 9.17) is 9.47 Å². The van der Waals surface area contributed by atoms with Gasteiger partial charge in [-0.25, -0.2) is 4.68 Å². The minimum absolute atomic E-state index is 0.0630. The van der Waals surface area contributed by atoms with E-state index in [0.717, 1.165) is 0 Å². The summed E-state index contributed by atoms with van der Waals surface area (Å²) in [7, 11) is 1.61. The van der Waals surface area contributed by atoms with E-state index in [0.29, 0.717) is 47.0 Å². The fourth-order valence-corrected chi connectivity index (χ4v) is 5.89. The highest BCUT2D eigenvalue weighted by atomic mass is 19.4. The lowest BCUT2D eigenvalue weighted by atomic mass is 9.90. The number of hydrogen-bond acceptors (Lipinski definition) is 5. The maximum atomic E-state index is 14.3. The first kappa shape index (κ1) is 26.2. The Morgan fingerprint density at radius 1 is 1.02 bits per heavy atom. The molecule has 11 heteroatoms. The van der Waals surface area contributed by atoms with Crippen molar-refractivity contribution in [2.45, 2.75) is 58.3 Å². The first-order valence-electron chi connectivity index (χ1n) is 13.1. The number of ether oxygens (including phenoxy) is 2. The molecule has 0 radical (unpaired) electrons. The number of halogens is 3. The van der Waals surface area contributed by atoms with E-state index in [9.17, 15) is 22.8 Å². The fourth-order valence-electron chi connectivity index (χ4n) is 5.89. The number of rotatable bonds is 3. The van der Waals surface area contributed by atoms with Gasteiger partial charge < -0.3 is 19.3 Å². The number of amides is 2. The molecule has 2 bridgehead atoms. The summed E-state index contributed by atoms with van der Waals surface area (Å²) in [5, 5.41) is 4.05. The zero-order chi connectivity index (χ0) is 28.6. The van der Waals surface area contributed by atoms with E-state index >= 15 is 0 Å². The standard InChI is InChI=1S/C29H29F3N4O4/c1-28(2,3)27(38)35-18-8-10-20(35)24-21(13-18)36(33-25(24)29(30,31)32)19-7-5-6-16(12-19)26(37)34(4)17-9-11-22-23(14-17)40-15-39-22/h5-7,9,11-12,14,18,20H,8,10,13,15H2,1-4H3/t18-,20+/m0/s1. The van der Waals surface area contributed by atoms with Crippen LogP contribution in [0.5, 0.6) is 11.5 Å². The second-order valence-electron chi connectivity index (χ2n) is 11.5. The number of anilines is 1. The molecule has 0 unspecified atom stereocenters. The summed E-state index contributed by atoms with van der Waals surface area (Å²) in [4.78, 5) is 29.7. The van der Waals surface area contributed by atoms with Gasteiger partial charge in [-0.1, -0.05) is 26.8 Å². The minimum atomic E-state index is -4.70. The van der Waals surface area contributed by atoms with Crippen LogP contribution in [0.25, 0.3) is 5.69 Å². The zero-order valence-corrected chi connectivity index (χ0v) is 22.6. The SMILES string of the molecule is CN(C(=O)c1cccc(-n2nc(C(F)(F)F)c3c2C[C@@H]2CC[C@H]3N2C(=O)C(C)(C)C)c1)c1ccc2c(c1)OCO2. The van der Waals surface area contributed by atoms with Crippen LogP contribution in [0, 0.1) is 5.41 Å². The predicted molar refractivity (Wildman–Crippen MR) is 140 cm³/mol. The van der Waals surface area contributed by atoms with Crippen LogP contribution in [0.2, 0.25) is 0 Å². The summed E-state index contributed by atoms with van der Waals surface area (Å²) in [6.45, 7) is 5.45. The number of alkyl halides is 3. The molecule has 0 saturated carbocycles. The van der Waals surface area contributed by atoms with Crippen LogP contribution in [-0.2, 0) is 17.4 Å². The molecule has 210 valence electrons. The number of carbonyl (C=O) groups is 2. The van der Waals surface area contributed by atoms with E-state index < -0.39 is 23.3 Å². The average molecular weight is 555 g/mol. The van der Waals surface area contributed by atoms with E-state index in [2.05, 4.69) is 5.10 Å². The summed E-state index contributed by atoms with van der Waals surface area (Å²) < 4.78 is 55.0. The van der Waals surface area contributed by atoms with Gasteiger partial charge in [-0.15, -0.1) is 0 Å². The van der Waals surface area contributed by atoms with Crippen molar-refractivity contribution in [3.05, 3.63) is 65.0 Å². The third-order valence-electron chi connectivity index (χ3n) is 7.82. The molecule has 6 rings (SSSR count). The van der Waals surface area contributed by atoms with Gasteiger partial charge in [0.25, 0.3) is 5.91 Å². The van der Waals surface area contributed by atoms with Crippen molar-refractivity contribution in [3.63, 3.8) is 0 Å². The lowest BCUT2D eigenvalue weighted by molar-refractivity contribution is -0.147. The van der Waals surface area contributed by atoms with Crippen LogP contribution in [0.15, 0.2) is 42.5 Å². The first-order chi connectivity index (χ1) is 18.8. The molecule has 1 aromatic heterocycles. The number of benzene rings is 2. The van der Waals surface area contributed by atoms with Gasteiger partial charge in [0.1, 0.15) is 0 Å². The van der Waals surface area contributed by atoms with Gasteiger partial charge in [0, 0.05) is 47.8 Å². The highest BCUT2D eigenvalue weighted by Crippen LogP contribution is 2.50. The van der Waals surface area contributed by atoms with Gasteiger partial charge in [-0.05, 0) is 43.2 Å². The second-order valence-corrected chi connectivity index (χ2v) is 11.5. The molecule has 2 atom stereocenters. The molecule has 0 N–H and O–H groups in total. The molecule has 1 saturated heterocycles. The second kappa shape index (κ2) is 9.00. The van der Waals surface area contributed by atoms with E-state index in [1.165, 1.54) is 9.58 Å². The molecule has 2 amide bonds. The van der Waals surface area contributed by atoms with Crippen molar-refractivity contribution in [2.75, 3.05) is 18.7 Å². The fraction of sp³-hybridized carbons (Fsp3) is 0.414. The summed E-state index contributed by atoms with van der Waals surface area (Å²) in [5.41, 5.74) is 0.0280. The van der Waals surface area contributed by atoms with Gasteiger partial charge in [0.05, 0.1) is 17.4 Å². The molecule has 40 heavy (non-hydrogen) atoms. The summed E-state index contributed by atoms with van der Waals surface area (Å²) in [6.07, 6.45) is -3.37. The smallest absolute Gasteiger partial charge is 0.435 e. The highest BCUT2D eigenvalue weighted by Gasteiger charge is 2.51. The Hall–Kier alpha value is -4.02. The summed E-state index contributed by atoms with van der Waals surface area (Å²) >= 11 is 0. The van der Waals surface area contributed by atoms with Crippen molar-refractivity contribution in [2.24, 2.45) is 5.41 Å². The van der Waals surface area contributed by atoms with Gasteiger partial charge in [0.2, 0.25) is 12.7 Å². The Morgan fingerprint density at radius 2 is 1.77 bits per heavy atom. The lowest BCUT2D eigenvalue weighted by Gasteiger charge is -2.39. The molecule has 0 aliphatic carbocycles. The van der Waals surface area contributed by atoms with Crippen molar-refractivity contribution in [1.82, 2.24) is 14.7 Å². The molecule has 1 fully saturated rings. The first-order valence-corrected chi connectivity index (χ1v) is 13.1. The van der Waals surface area contributed by atoms with Crippen LogP contribution in [0.1, 0.15) is 67.0 Å². The van der Waals surface area contributed by atoms with Crippen LogP contribution in [0.3, 0.4) is 0 Å². The van der Waals surface area contributed by atoms with Crippen LogP contribution >= 0.6 is 0 Å². The Morgan fingerprint density at radius 3 is 2.50 bits per heavy atom. The molecule has 4 heterocycles. The summed E-state index contributed by atoms with van der Waals surface area (Å²) in [5.74, 6) is 0.611. The molecule has 3 aliphatic rings. The Balaban J connectivity index is 1.38. The Kier molecular flexibility index (Phi) is 5.90. The van der Waals surface area contributed by atoms with Gasteiger partial charge >= 0.3 is 6.18 Å². The van der Waals surface area contributed by atoms with Crippen LogP contribution in [0.4, 0.5) is 18.9 Å². The molecule has 8 nitrogen and oxygen atoms in total. The van der Waals surface area contributed by atoms with E-state index in [1.807, 2.05) is 0 Å². The van der Waals surface area contributed by atoms with E-state index in [1.54, 1.807) is 75.2 Å². The molecular formula is C29H29F3N4O4. The van der Waals surface area contributed by atoms with Gasteiger partial charge in [-0.2, -0.15) is 18.3 Å².